The fourth-order valence-corrected chi connectivity index (χ4v) is 2.68. The van der Waals surface area contributed by atoms with E-state index in [4.69, 9.17) is 4.42 Å². The lowest BCUT2D eigenvalue weighted by atomic mass is 10.1. The lowest BCUT2D eigenvalue weighted by molar-refractivity contribution is -0.137. The van der Waals surface area contributed by atoms with Crippen molar-refractivity contribution in [3.05, 3.63) is 59.5 Å². The number of carbonyl (C=O) groups is 1. The van der Waals surface area contributed by atoms with Crippen molar-refractivity contribution < 1.29 is 22.4 Å². The third-order valence-corrected chi connectivity index (χ3v) is 3.88. The summed E-state index contributed by atoms with van der Waals surface area (Å²) in [6.45, 7) is 1.10. The number of furan rings is 1. The normalized spacial score (nSPS) is 18.7. The van der Waals surface area contributed by atoms with Crippen LogP contribution in [0.4, 0.5) is 13.2 Å². The van der Waals surface area contributed by atoms with Crippen LogP contribution >= 0.6 is 0 Å². The molecule has 1 saturated heterocycles. The fourth-order valence-electron chi connectivity index (χ4n) is 2.68. The molecule has 3 nitrogen and oxygen atoms in total. The highest BCUT2D eigenvalue weighted by Crippen LogP contribution is 2.31. The highest BCUT2D eigenvalue weighted by atomic mass is 19.4. The summed E-state index contributed by atoms with van der Waals surface area (Å²) in [6.07, 6.45) is -2.00. The lowest BCUT2D eigenvalue weighted by Gasteiger charge is -2.16. The molecule has 0 spiro atoms. The molecular weight excluding hydrogens is 295 g/mol. The second kappa shape index (κ2) is 5.51. The molecule has 1 aromatic carbocycles. The molecule has 0 aliphatic carbocycles. The highest BCUT2D eigenvalue weighted by molar-refractivity contribution is 5.94. The molecule has 22 heavy (non-hydrogen) atoms. The first-order chi connectivity index (χ1) is 10.4. The topological polar surface area (TPSA) is 33.5 Å². The number of halogens is 3. The Labute approximate surface area is 125 Å². The molecule has 1 atom stereocenters. The number of alkyl halides is 3. The first-order valence-corrected chi connectivity index (χ1v) is 6.95. The quantitative estimate of drug-likeness (QED) is 0.842. The van der Waals surface area contributed by atoms with Gasteiger partial charge in [0.25, 0.3) is 5.91 Å². The molecule has 6 heteroatoms. The zero-order valence-electron chi connectivity index (χ0n) is 11.6. The van der Waals surface area contributed by atoms with Crippen LogP contribution in [0.3, 0.4) is 0 Å². The summed E-state index contributed by atoms with van der Waals surface area (Å²) in [5.74, 6) is 0.735. The number of hydrogen-bond donors (Lipinski definition) is 0. The van der Waals surface area contributed by atoms with Gasteiger partial charge in [-0.2, -0.15) is 13.2 Å². The van der Waals surface area contributed by atoms with Crippen molar-refractivity contribution in [2.24, 2.45) is 0 Å². The average Bonchev–Trinajstić information content (AvgIpc) is 3.16. The van der Waals surface area contributed by atoms with Crippen LogP contribution in [0.25, 0.3) is 0 Å². The van der Waals surface area contributed by atoms with Crippen LogP contribution in [0.5, 0.6) is 0 Å². The largest absolute Gasteiger partial charge is 0.469 e. The number of hydrogen-bond acceptors (Lipinski definition) is 2. The Bertz CT molecular complexity index is 647. The van der Waals surface area contributed by atoms with Crippen molar-refractivity contribution in [2.75, 3.05) is 13.1 Å². The number of benzene rings is 1. The highest BCUT2D eigenvalue weighted by Gasteiger charge is 2.32. The van der Waals surface area contributed by atoms with Gasteiger partial charge >= 0.3 is 6.18 Å². The lowest BCUT2D eigenvalue weighted by Crippen LogP contribution is -2.28. The smallest absolute Gasteiger partial charge is 0.416 e. The van der Waals surface area contributed by atoms with Gasteiger partial charge in [-0.1, -0.05) is 0 Å². The van der Waals surface area contributed by atoms with Gasteiger partial charge in [-0.15, -0.1) is 0 Å². The summed E-state index contributed by atoms with van der Waals surface area (Å²) in [5.41, 5.74) is -0.480. The van der Waals surface area contributed by atoms with Gasteiger partial charge in [0.2, 0.25) is 0 Å². The Morgan fingerprint density at radius 3 is 2.50 bits per heavy atom. The van der Waals surface area contributed by atoms with Gasteiger partial charge in [0.1, 0.15) is 5.76 Å². The van der Waals surface area contributed by atoms with E-state index >= 15 is 0 Å². The van der Waals surface area contributed by atoms with Crippen molar-refractivity contribution in [2.45, 2.75) is 18.5 Å². The summed E-state index contributed by atoms with van der Waals surface area (Å²) < 4.78 is 42.9. The number of likely N-dealkylation sites (tertiary alicyclic amines) is 1. The van der Waals surface area contributed by atoms with Gasteiger partial charge in [0, 0.05) is 24.6 Å². The second-order valence-electron chi connectivity index (χ2n) is 5.33. The van der Waals surface area contributed by atoms with Crippen LogP contribution in [0, 0.1) is 0 Å². The molecule has 0 radical (unpaired) electrons. The minimum atomic E-state index is -4.39. The molecular formula is C16H14F3NO2. The molecule has 0 saturated carbocycles. The van der Waals surface area contributed by atoms with Gasteiger partial charge in [0.15, 0.2) is 0 Å². The van der Waals surface area contributed by atoms with Crippen LogP contribution in [0.1, 0.15) is 34.0 Å². The maximum atomic E-state index is 12.5. The molecule has 0 bridgehead atoms. The standard InChI is InChI=1S/C16H14F3NO2/c17-16(18,19)13-5-3-11(4-6-13)15(21)20-8-7-12(10-20)14-2-1-9-22-14/h1-6,9,12H,7-8,10H2. The molecule has 1 unspecified atom stereocenters. The summed E-state index contributed by atoms with van der Waals surface area (Å²) in [6, 6.07) is 8.00. The SMILES string of the molecule is O=C(c1ccc(C(F)(F)F)cc1)N1CCC(c2ccco2)C1. The van der Waals surface area contributed by atoms with E-state index in [1.807, 2.05) is 6.07 Å². The molecule has 2 heterocycles. The van der Waals surface area contributed by atoms with Gasteiger partial charge in [0.05, 0.1) is 11.8 Å². The summed E-state index contributed by atoms with van der Waals surface area (Å²) in [4.78, 5) is 14.0. The van der Waals surface area contributed by atoms with E-state index in [2.05, 4.69) is 0 Å². The van der Waals surface area contributed by atoms with Crippen LogP contribution < -0.4 is 0 Å². The molecule has 1 aliphatic rings. The van der Waals surface area contributed by atoms with E-state index in [1.54, 1.807) is 17.2 Å². The monoisotopic (exact) mass is 309 g/mol. The van der Waals surface area contributed by atoms with Crippen molar-refractivity contribution in [3.63, 3.8) is 0 Å². The Morgan fingerprint density at radius 2 is 1.91 bits per heavy atom. The van der Waals surface area contributed by atoms with Crippen LogP contribution in [-0.4, -0.2) is 23.9 Å². The van der Waals surface area contributed by atoms with E-state index in [-0.39, 0.29) is 17.4 Å². The fraction of sp³-hybridized carbons (Fsp3) is 0.312. The first-order valence-electron chi connectivity index (χ1n) is 6.95. The van der Waals surface area contributed by atoms with E-state index in [0.717, 1.165) is 24.3 Å². The van der Waals surface area contributed by atoms with Crippen LogP contribution in [0.15, 0.2) is 47.1 Å². The molecule has 3 rings (SSSR count). The predicted octanol–water partition coefficient (Wildman–Crippen LogP) is 3.93. The van der Waals surface area contributed by atoms with E-state index in [0.29, 0.717) is 13.1 Å². The Morgan fingerprint density at radius 1 is 1.18 bits per heavy atom. The van der Waals surface area contributed by atoms with Crippen molar-refractivity contribution in [3.8, 4) is 0 Å². The van der Waals surface area contributed by atoms with Gasteiger partial charge in [-0.05, 0) is 42.8 Å². The third-order valence-electron chi connectivity index (χ3n) is 3.88. The van der Waals surface area contributed by atoms with Crippen molar-refractivity contribution >= 4 is 5.91 Å². The van der Waals surface area contributed by atoms with Crippen molar-refractivity contribution in [1.82, 2.24) is 4.90 Å². The van der Waals surface area contributed by atoms with Crippen molar-refractivity contribution in [1.29, 1.82) is 0 Å². The molecule has 0 N–H and O–H groups in total. The average molecular weight is 309 g/mol. The zero-order chi connectivity index (χ0) is 15.7. The minimum Gasteiger partial charge on any atom is -0.469 e. The number of rotatable bonds is 2. The molecule has 2 aromatic rings. The predicted molar refractivity (Wildman–Crippen MR) is 73.4 cm³/mol. The number of carbonyl (C=O) groups excluding carboxylic acids is 1. The van der Waals surface area contributed by atoms with Crippen LogP contribution in [-0.2, 0) is 6.18 Å². The number of nitrogens with zero attached hydrogens (tertiary/aromatic N) is 1. The Hall–Kier alpha value is -2.24. The summed E-state index contributed by atoms with van der Waals surface area (Å²) in [7, 11) is 0. The molecule has 1 aliphatic heterocycles. The molecule has 1 fully saturated rings. The van der Waals surface area contributed by atoms with E-state index in [1.165, 1.54) is 12.1 Å². The van der Waals surface area contributed by atoms with E-state index < -0.39 is 11.7 Å². The summed E-state index contributed by atoms with van der Waals surface area (Å²) >= 11 is 0. The molecule has 1 amide bonds. The van der Waals surface area contributed by atoms with Crippen LogP contribution in [0.2, 0.25) is 0 Å². The van der Waals surface area contributed by atoms with Gasteiger partial charge < -0.3 is 9.32 Å². The molecule has 116 valence electrons. The third kappa shape index (κ3) is 2.86. The van der Waals surface area contributed by atoms with Gasteiger partial charge in [-0.3, -0.25) is 4.79 Å². The maximum absolute atomic E-state index is 12.5. The first kappa shape index (κ1) is 14.7. The zero-order valence-corrected chi connectivity index (χ0v) is 11.6. The minimum absolute atomic E-state index is 0.147. The Kier molecular flexibility index (Phi) is 3.68. The van der Waals surface area contributed by atoms with Gasteiger partial charge in [-0.25, -0.2) is 0 Å². The molecule has 1 aromatic heterocycles. The second-order valence-corrected chi connectivity index (χ2v) is 5.33. The maximum Gasteiger partial charge on any atom is 0.416 e. The number of amides is 1. The Balaban J connectivity index is 1.70. The van der Waals surface area contributed by atoms with E-state index in [9.17, 15) is 18.0 Å². The summed E-state index contributed by atoms with van der Waals surface area (Å²) in [5, 5.41) is 0.